The van der Waals surface area contributed by atoms with E-state index >= 15 is 0 Å². The van der Waals surface area contributed by atoms with Gasteiger partial charge in [0.25, 0.3) is 0 Å². The van der Waals surface area contributed by atoms with Crippen LogP contribution in [0.15, 0.2) is 71.1 Å². The molecule has 0 atom stereocenters. The van der Waals surface area contributed by atoms with Crippen molar-refractivity contribution >= 4 is 11.8 Å². The van der Waals surface area contributed by atoms with Gasteiger partial charge in [-0.2, -0.15) is 0 Å². The summed E-state index contributed by atoms with van der Waals surface area (Å²) in [5.41, 5.74) is 4.70. The fourth-order valence-electron chi connectivity index (χ4n) is 2.30. The SMILES string of the molecule is O=C(Cc1ccccc1F)NNC(=O)c1ccc(COc2ccccc2)o1. The van der Waals surface area contributed by atoms with Crippen molar-refractivity contribution in [2.45, 2.75) is 13.0 Å². The van der Waals surface area contributed by atoms with E-state index in [-0.39, 0.29) is 24.4 Å². The van der Waals surface area contributed by atoms with Gasteiger partial charge in [-0.1, -0.05) is 36.4 Å². The lowest BCUT2D eigenvalue weighted by molar-refractivity contribution is -0.121. The molecule has 0 fully saturated rings. The first kappa shape index (κ1) is 18.2. The van der Waals surface area contributed by atoms with Crippen LogP contribution in [-0.4, -0.2) is 11.8 Å². The van der Waals surface area contributed by atoms with Crippen LogP contribution in [0.3, 0.4) is 0 Å². The molecule has 0 saturated heterocycles. The Labute approximate surface area is 154 Å². The van der Waals surface area contributed by atoms with Crippen LogP contribution >= 0.6 is 0 Å². The molecule has 3 rings (SSSR count). The first-order chi connectivity index (χ1) is 13.1. The molecule has 2 amide bonds. The summed E-state index contributed by atoms with van der Waals surface area (Å²) in [5.74, 6) is -0.488. The summed E-state index contributed by atoms with van der Waals surface area (Å²) in [5, 5.41) is 0. The van der Waals surface area contributed by atoms with Crippen LogP contribution in [0.1, 0.15) is 21.9 Å². The molecule has 7 heteroatoms. The first-order valence-electron chi connectivity index (χ1n) is 8.21. The summed E-state index contributed by atoms with van der Waals surface area (Å²) in [6.07, 6.45) is -0.193. The monoisotopic (exact) mass is 368 g/mol. The summed E-state index contributed by atoms with van der Waals surface area (Å²) in [6.45, 7) is 0.164. The van der Waals surface area contributed by atoms with E-state index in [9.17, 15) is 14.0 Å². The molecule has 3 aromatic rings. The normalized spacial score (nSPS) is 10.3. The van der Waals surface area contributed by atoms with Gasteiger partial charge in [-0.15, -0.1) is 0 Å². The Morgan fingerprint density at radius 1 is 0.926 bits per heavy atom. The van der Waals surface area contributed by atoms with Crippen molar-refractivity contribution in [3.63, 3.8) is 0 Å². The van der Waals surface area contributed by atoms with Crippen LogP contribution in [0.2, 0.25) is 0 Å². The number of benzene rings is 2. The molecule has 27 heavy (non-hydrogen) atoms. The number of furan rings is 1. The topological polar surface area (TPSA) is 80.6 Å². The molecular weight excluding hydrogens is 351 g/mol. The van der Waals surface area contributed by atoms with Crippen molar-refractivity contribution in [2.24, 2.45) is 0 Å². The van der Waals surface area contributed by atoms with Gasteiger partial charge in [-0.25, -0.2) is 4.39 Å². The van der Waals surface area contributed by atoms with E-state index < -0.39 is 17.6 Å². The zero-order valence-electron chi connectivity index (χ0n) is 14.3. The lowest BCUT2D eigenvalue weighted by atomic mass is 10.1. The molecule has 0 aliphatic carbocycles. The maximum absolute atomic E-state index is 13.5. The van der Waals surface area contributed by atoms with Crippen molar-refractivity contribution in [3.8, 4) is 5.75 Å². The summed E-state index contributed by atoms with van der Waals surface area (Å²) in [7, 11) is 0. The smallest absolute Gasteiger partial charge is 0.305 e. The molecule has 0 aliphatic heterocycles. The number of nitrogens with one attached hydrogen (secondary N) is 2. The fourth-order valence-corrected chi connectivity index (χ4v) is 2.30. The molecule has 0 unspecified atom stereocenters. The van der Waals surface area contributed by atoms with Crippen molar-refractivity contribution in [2.75, 3.05) is 0 Å². The highest BCUT2D eigenvalue weighted by atomic mass is 19.1. The lowest BCUT2D eigenvalue weighted by Gasteiger charge is -2.07. The molecule has 1 heterocycles. The van der Waals surface area contributed by atoms with Crippen LogP contribution < -0.4 is 15.6 Å². The summed E-state index contributed by atoms with van der Waals surface area (Å²) >= 11 is 0. The number of halogens is 1. The van der Waals surface area contributed by atoms with Crippen LogP contribution in [0, 0.1) is 5.82 Å². The third kappa shape index (κ3) is 5.18. The molecule has 6 nitrogen and oxygen atoms in total. The zero-order valence-corrected chi connectivity index (χ0v) is 14.3. The highest BCUT2D eigenvalue weighted by Crippen LogP contribution is 2.14. The minimum Gasteiger partial charge on any atom is -0.486 e. The summed E-state index contributed by atoms with van der Waals surface area (Å²) in [4.78, 5) is 23.8. The van der Waals surface area contributed by atoms with Gasteiger partial charge in [-0.3, -0.25) is 20.4 Å². The van der Waals surface area contributed by atoms with Crippen molar-refractivity contribution < 1.29 is 23.1 Å². The predicted molar refractivity (Wildman–Crippen MR) is 95.2 cm³/mol. The highest BCUT2D eigenvalue weighted by Gasteiger charge is 2.13. The Hall–Kier alpha value is -3.61. The Balaban J connectivity index is 1.47. The van der Waals surface area contributed by atoms with Gasteiger partial charge in [0.05, 0.1) is 6.42 Å². The van der Waals surface area contributed by atoms with E-state index in [2.05, 4.69) is 10.9 Å². The minimum atomic E-state index is -0.622. The van der Waals surface area contributed by atoms with Crippen LogP contribution in [0.4, 0.5) is 4.39 Å². The molecule has 1 aromatic heterocycles. The Morgan fingerprint density at radius 2 is 1.67 bits per heavy atom. The second-order valence-electron chi connectivity index (χ2n) is 5.64. The Morgan fingerprint density at radius 3 is 2.44 bits per heavy atom. The predicted octanol–water partition coefficient (Wildman–Crippen LogP) is 3.00. The maximum Gasteiger partial charge on any atom is 0.305 e. The lowest BCUT2D eigenvalue weighted by Crippen LogP contribution is -2.42. The number of hydrazine groups is 1. The molecule has 0 saturated carbocycles. The van der Waals surface area contributed by atoms with Gasteiger partial charge in [0.15, 0.2) is 5.76 Å². The highest BCUT2D eigenvalue weighted by molar-refractivity contribution is 5.93. The fraction of sp³-hybridized carbons (Fsp3) is 0.100. The number of hydrogen-bond acceptors (Lipinski definition) is 4. The van der Waals surface area contributed by atoms with Gasteiger partial charge in [0.2, 0.25) is 5.91 Å². The number of ether oxygens (including phenoxy) is 1. The van der Waals surface area contributed by atoms with Gasteiger partial charge >= 0.3 is 5.91 Å². The first-order valence-corrected chi connectivity index (χ1v) is 8.21. The van der Waals surface area contributed by atoms with Gasteiger partial charge in [0, 0.05) is 0 Å². The molecule has 0 bridgehead atoms. The van der Waals surface area contributed by atoms with Crippen LogP contribution in [-0.2, 0) is 17.8 Å². The number of amides is 2. The summed E-state index contributed by atoms with van der Waals surface area (Å²) in [6, 6.07) is 18.2. The number of carbonyl (C=O) groups excluding carboxylic acids is 2. The Bertz CT molecular complexity index is 924. The van der Waals surface area contributed by atoms with Crippen molar-refractivity contribution in [3.05, 3.63) is 89.6 Å². The largest absolute Gasteiger partial charge is 0.486 e. The van der Waals surface area contributed by atoms with E-state index in [1.807, 2.05) is 30.3 Å². The number of hydrogen-bond donors (Lipinski definition) is 2. The average Bonchev–Trinajstić information content (AvgIpc) is 3.16. The van der Waals surface area contributed by atoms with Crippen LogP contribution in [0.25, 0.3) is 0 Å². The molecule has 2 aromatic carbocycles. The van der Waals surface area contributed by atoms with E-state index in [1.54, 1.807) is 12.1 Å². The van der Waals surface area contributed by atoms with E-state index in [0.29, 0.717) is 11.5 Å². The molecule has 0 aliphatic rings. The average molecular weight is 368 g/mol. The molecule has 138 valence electrons. The third-order valence-electron chi connectivity index (χ3n) is 3.63. The van der Waals surface area contributed by atoms with E-state index in [1.165, 1.54) is 24.3 Å². The van der Waals surface area contributed by atoms with Crippen molar-refractivity contribution in [1.29, 1.82) is 0 Å². The van der Waals surface area contributed by atoms with Crippen LogP contribution in [0.5, 0.6) is 5.75 Å². The quantitative estimate of drug-likeness (QED) is 0.656. The summed E-state index contributed by atoms with van der Waals surface area (Å²) < 4.78 is 24.4. The second kappa shape index (κ2) is 8.66. The molecule has 0 spiro atoms. The van der Waals surface area contributed by atoms with Gasteiger partial charge in [-0.05, 0) is 35.9 Å². The number of carbonyl (C=O) groups is 2. The molecular formula is C20H17FN2O4. The van der Waals surface area contributed by atoms with E-state index in [4.69, 9.17) is 9.15 Å². The third-order valence-corrected chi connectivity index (χ3v) is 3.63. The second-order valence-corrected chi connectivity index (χ2v) is 5.64. The minimum absolute atomic E-state index is 0.0212. The number of para-hydroxylation sites is 1. The van der Waals surface area contributed by atoms with E-state index in [0.717, 1.165) is 0 Å². The molecule has 2 N–H and O–H groups in total. The standard InChI is InChI=1S/C20H17FN2O4/c21-17-9-5-4-6-14(17)12-19(24)22-23-20(25)18-11-10-16(27-18)13-26-15-7-2-1-3-8-15/h1-11H,12-13H2,(H,22,24)(H,23,25). The Kier molecular flexibility index (Phi) is 5.84. The van der Waals surface area contributed by atoms with Gasteiger partial charge < -0.3 is 9.15 Å². The van der Waals surface area contributed by atoms with Gasteiger partial charge in [0.1, 0.15) is 23.9 Å². The molecule has 0 radical (unpaired) electrons. The number of rotatable bonds is 6. The maximum atomic E-state index is 13.5. The van der Waals surface area contributed by atoms with Crippen molar-refractivity contribution in [1.82, 2.24) is 10.9 Å². The zero-order chi connectivity index (χ0) is 19.1.